The summed E-state index contributed by atoms with van der Waals surface area (Å²) in [6.45, 7) is 6.38. The van der Waals surface area contributed by atoms with Gasteiger partial charge < -0.3 is 15.8 Å². The van der Waals surface area contributed by atoms with Crippen molar-refractivity contribution in [3.63, 3.8) is 0 Å². The standard InChI is InChI=1S/C11H20N2O2/c1-4-15-9-6-8(12)11(9)13-10(14)5-7(2)3/h5,8-9,11H,4,6,12H2,1-3H3,(H,13,14). The average molecular weight is 212 g/mol. The molecule has 0 saturated heterocycles. The van der Waals surface area contributed by atoms with E-state index in [1.807, 2.05) is 20.8 Å². The summed E-state index contributed by atoms with van der Waals surface area (Å²) in [6.07, 6.45) is 2.49. The van der Waals surface area contributed by atoms with Gasteiger partial charge in [-0.3, -0.25) is 4.79 Å². The Labute approximate surface area is 90.9 Å². The Balaban J connectivity index is 2.43. The number of nitrogens with one attached hydrogen (secondary N) is 1. The Morgan fingerprint density at radius 1 is 1.60 bits per heavy atom. The van der Waals surface area contributed by atoms with E-state index >= 15 is 0 Å². The Morgan fingerprint density at radius 2 is 2.27 bits per heavy atom. The van der Waals surface area contributed by atoms with Crippen molar-refractivity contribution in [3.8, 4) is 0 Å². The van der Waals surface area contributed by atoms with Crippen molar-refractivity contribution in [3.05, 3.63) is 11.6 Å². The van der Waals surface area contributed by atoms with Gasteiger partial charge in [-0.1, -0.05) is 5.57 Å². The van der Waals surface area contributed by atoms with Gasteiger partial charge in [0.1, 0.15) is 0 Å². The summed E-state index contributed by atoms with van der Waals surface area (Å²) in [5, 5.41) is 2.87. The molecule has 0 bridgehead atoms. The molecule has 0 aromatic heterocycles. The van der Waals surface area contributed by atoms with E-state index in [0.717, 1.165) is 12.0 Å². The van der Waals surface area contributed by atoms with E-state index in [4.69, 9.17) is 10.5 Å². The van der Waals surface area contributed by atoms with Crippen LogP contribution in [0.1, 0.15) is 27.2 Å². The summed E-state index contributed by atoms with van der Waals surface area (Å²) in [4.78, 5) is 11.5. The van der Waals surface area contributed by atoms with Crippen molar-refractivity contribution >= 4 is 5.91 Å². The third kappa shape index (κ3) is 3.32. The van der Waals surface area contributed by atoms with Crippen LogP contribution in [0.2, 0.25) is 0 Å². The molecule has 0 aromatic rings. The third-order valence-electron chi connectivity index (χ3n) is 2.48. The number of carbonyl (C=O) groups is 1. The molecule has 4 nitrogen and oxygen atoms in total. The summed E-state index contributed by atoms with van der Waals surface area (Å²) >= 11 is 0. The van der Waals surface area contributed by atoms with Gasteiger partial charge in [0.15, 0.2) is 0 Å². The van der Waals surface area contributed by atoms with E-state index < -0.39 is 0 Å². The van der Waals surface area contributed by atoms with Crippen LogP contribution >= 0.6 is 0 Å². The zero-order valence-corrected chi connectivity index (χ0v) is 9.62. The largest absolute Gasteiger partial charge is 0.376 e. The van der Waals surface area contributed by atoms with Crippen molar-refractivity contribution in [1.82, 2.24) is 5.32 Å². The molecule has 4 heteroatoms. The van der Waals surface area contributed by atoms with Gasteiger partial charge in [0.25, 0.3) is 0 Å². The van der Waals surface area contributed by atoms with Crippen LogP contribution in [0.3, 0.4) is 0 Å². The SMILES string of the molecule is CCOC1CC(N)C1NC(=O)C=C(C)C. The molecule has 1 amide bonds. The number of carbonyl (C=O) groups excluding carboxylic acids is 1. The van der Waals surface area contributed by atoms with Gasteiger partial charge in [0.05, 0.1) is 12.1 Å². The molecule has 3 atom stereocenters. The molecule has 1 rings (SSSR count). The van der Waals surface area contributed by atoms with Crippen LogP contribution in [0.5, 0.6) is 0 Å². The fraction of sp³-hybridized carbons (Fsp3) is 0.727. The van der Waals surface area contributed by atoms with Crippen molar-refractivity contribution < 1.29 is 9.53 Å². The molecule has 0 aromatic carbocycles. The number of ether oxygens (including phenoxy) is 1. The lowest BCUT2D eigenvalue weighted by atomic mass is 9.83. The molecule has 3 unspecified atom stereocenters. The second-order valence-corrected chi connectivity index (χ2v) is 4.15. The van der Waals surface area contributed by atoms with Crippen LogP contribution in [0.25, 0.3) is 0 Å². The Morgan fingerprint density at radius 3 is 2.73 bits per heavy atom. The molecule has 1 fully saturated rings. The van der Waals surface area contributed by atoms with E-state index in [0.29, 0.717) is 6.61 Å². The van der Waals surface area contributed by atoms with Gasteiger partial charge >= 0.3 is 0 Å². The van der Waals surface area contributed by atoms with Crippen LogP contribution in [0, 0.1) is 0 Å². The quantitative estimate of drug-likeness (QED) is 0.670. The molecule has 3 N–H and O–H groups in total. The van der Waals surface area contributed by atoms with Crippen molar-refractivity contribution in [1.29, 1.82) is 0 Å². The van der Waals surface area contributed by atoms with Crippen LogP contribution < -0.4 is 11.1 Å². The summed E-state index contributed by atoms with van der Waals surface area (Å²) in [6, 6.07) is -0.0101. The maximum absolute atomic E-state index is 11.5. The van der Waals surface area contributed by atoms with Crippen LogP contribution in [-0.2, 0) is 9.53 Å². The van der Waals surface area contributed by atoms with Crippen molar-refractivity contribution in [2.45, 2.75) is 45.4 Å². The Hall–Kier alpha value is -0.870. The second kappa shape index (κ2) is 5.28. The van der Waals surface area contributed by atoms with E-state index in [2.05, 4.69) is 5.32 Å². The predicted octanol–water partition coefficient (Wildman–Crippen LogP) is 0.573. The topological polar surface area (TPSA) is 64.3 Å². The third-order valence-corrected chi connectivity index (χ3v) is 2.48. The lowest BCUT2D eigenvalue weighted by molar-refractivity contribution is -0.121. The molecule has 15 heavy (non-hydrogen) atoms. The highest BCUT2D eigenvalue weighted by Gasteiger charge is 2.39. The molecular weight excluding hydrogens is 192 g/mol. The van der Waals surface area contributed by atoms with Gasteiger partial charge in [-0.25, -0.2) is 0 Å². The molecule has 86 valence electrons. The first-order valence-corrected chi connectivity index (χ1v) is 5.37. The van der Waals surface area contributed by atoms with E-state index in [1.54, 1.807) is 6.08 Å². The van der Waals surface area contributed by atoms with Gasteiger partial charge in [-0.05, 0) is 27.2 Å². The van der Waals surface area contributed by atoms with Gasteiger partial charge in [0, 0.05) is 18.7 Å². The van der Waals surface area contributed by atoms with Crippen LogP contribution in [0.15, 0.2) is 11.6 Å². The zero-order chi connectivity index (χ0) is 11.4. The summed E-state index contributed by atoms with van der Waals surface area (Å²) in [5.74, 6) is -0.0835. The van der Waals surface area contributed by atoms with Gasteiger partial charge in [0.2, 0.25) is 5.91 Å². The highest BCUT2D eigenvalue weighted by atomic mass is 16.5. The van der Waals surface area contributed by atoms with E-state index in [-0.39, 0.29) is 24.1 Å². The van der Waals surface area contributed by atoms with Crippen LogP contribution in [0.4, 0.5) is 0 Å². The van der Waals surface area contributed by atoms with Crippen LogP contribution in [-0.4, -0.2) is 30.7 Å². The number of nitrogens with two attached hydrogens (primary N) is 1. The molecular formula is C11H20N2O2. The minimum atomic E-state index is -0.0835. The zero-order valence-electron chi connectivity index (χ0n) is 9.62. The Kier molecular flexibility index (Phi) is 4.29. The molecule has 0 spiro atoms. The van der Waals surface area contributed by atoms with Gasteiger partial charge in [-0.2, -0.15) is 0 Å². The molecule has 0 radical (unpaired) electrons. The summed E-state index contributed by atoms with van der Waals surface area (Å²) in [5.41, 5.74) is 6.79. The number of hydrogen-bond acceptors (Lipinski definition) is 3. The van der Waals surface area contributed by atoms with Crippen molar-refractivity contribution in [2.75, 3.05) is 6.61 Å². The molecule has 1 aliphatic rings. The Bertz CT molecular complexity index is 257. The monoisotopic (exact) mass is 212 g/mol. The lowest BCUT2D eigenvalue weighted by Crippen LogP contribution is -2.64. The lowest BCUT2D eigenvalue weighted by Gasteiger charge is -2.42. The predicted molar refractivity (Wildman–Crippen MR) is 59.4 cm³/mol. The number of rotatable bonds is 4. The number of allylic oxidation sites excluding steroid dienone is 1. The fourth-order valence-electron chi connectivity index (χ4n) is 1.70. The molecule has 1 saturated carbocycles. The highest BCUT2D eigenvalue weighted by molar-refractivity contribution is 5.88. The van der Waals surface area contributed by atoms with E-state index in [9.17, 15) is 4.79 Å². The number of amides is 1. The second-order valence-electron chi connectivity index (χ2n) is 4.15. The van der Waals surface area contributed by atoms with Crippen molar-refractivity contribution in [2.24, 2.45) is 5.73 Å². The molecule has 1 aliphatic carbocycles. The number of hydrogen-bond donors (Lipinski definition) is 2. The minimum Gasteiger partial charge on any atom is -0.376 e. The molecule has 0 aliphatic heterocycles. The maximum atomic E-state index is 11.5. The average Bonchev–Trinajstić information content (AvgIpc) is 2.13. The summed E-state index contributed by atoms with van der Waals surface area (Å²) < 4.78 is 5.45. The maximum Gasteiger partial charge on any atom is 0.244 e. The molecule has 0 heterocycles. The first kappa shape index (κ1) is 12.2. The first-order valence-electron chi connectivity index (χ1n) is 5.37. The minimum absolute atomic E-state index is 0.0241. The smallest absolute Gasteiger partial charge is 0.244 e. The van der Waals surface area contributed by atoms with E-state index in [1.165, 1.54) is 0 Å². The fourth-order valence-corrected chi connectivity index (χ4v) is 1.70. The normalized spacial score (nSPS) is 29.2. The summed E-state index contributed by atoms with van der Waals surface area (Å²) in [7, 11) is 0. The first-order chi connectivity index (χ1) is 7.04. The highest BCUT2D eigenvalue weighted by Crippen LogP contribution is 2.22. The van der Waals surface area contributed by atoms with Gasteiger partial charge in [-0.15, -0.1) is 0 Å².